The van der Waals surface area contributed by atoms with Gasteiger partial charge in [0.15, 0.2) is 5.82 Å². The third-order valence-electron chi connectivity index (χ3n) is 2.30. The summed E-state index contributed by atoms with van der Waals surface area (Å²) in [6, 6.07) is 7.75. The van der Waals surface area contributed by atoms with Gasteiger partial charge in [-0.2, -0.15) is 5.10 Å². The van der Waals surface area contributed by atoms with Crippen molar-refractivity contribution in [2.45, 2.75) is 6.92 Å². The number of nitrogens with two attached hydrogens (primary N) is 1. The molecule has 0 saturated heterocycles. The van der Waals surface area contributed by atoms with E-state index in [2.05, 4.69) is 15.5 Å². The van der Waals surface area contributed by atoms with Gasteiger partial charge >= 0.3 is 0 Å². The molecule has 0 bridgehead atoms. The smallest absolute Gasteiger partial charge is 0.236 e. The van der Waals surface area contributed by atoms with Crippen LogP contribution in [0.5, 0.6) is 0 Å². The van der Waals surface area contributed by atoms with Crippen molar-refractivity contribution < 1.29 is 4.79 Å². The number of hydrogen-bond acceptors (Lipinski definition) is 4. The van der Waals surface area contributed by atoms with Crippen molar-refractivity contribution in [3.8, 4) is 0 Å². The van der Waals surface area contributed by atoms with Gasteiger partial charge < -0.3 is 11.1 Å². The lowest BCUT2D eigenvalue weighted by Gasteiger charge is -2.07. The Kier molecular flexibility index (Phi) is 2.68. The molecular weight excluding hydrogens is 204 g/mol. The van der Waals surface area contributed by atoms with Gasteiger partial charge in [0.2, 0.25) is 5.91 Å². The van der Waals surface area contributed by atoms with Gasteiger partial charge in [-0.3, -0.25) is 4.79 Å². The zero-order valence-corrected chi connectivity index (χ0v) is 8.90. The number of carbonyl (C=O) groups is 1. The van der Waals surface area contributed by atoms with Gasteiger partial charge in [0.05, 0.1) is 12.2 Å². The Morgan fingerprint density at radius 1 is 1.31 bits per heavy atom. The Labute approximate surface area is 92.7 Å². The maximum absolute atomic E-state index is 10.7. The number of rotatable bonds is 3. The lowest BCUT2D eigenvalue weighted by atomic mass is 10.1. The predicted octanol–water partition coefficient (Wildman–Crippen LogP) is 0.835. The van der Waals surface area contributed by atoms with E-state index in [1.807, 2.05) is 31.2 Å². The van der Waals surface area contributed by atoms with Crippen LogP contribution in [0, 0.1) is 6.92 Å². The zero-order chi connectivity index (χ0) is 11.5. The molecule has 1 aromatic carbocycles. The van der Waals surface area contributed by atoms with Crippen LogP contribution in [0.3, 0.4) is 0 Å². The van der Waals surface area contributed by atoms with E-state index in [1.54, 1.807) is 0 Å². The third kappa shape index (κ3) is 1.93. The second-order valence-electron chi connectivity index (χ2n) is 3.50. The van der Waals surface area contributed by atoms with Crippen LogP contribution < -0.4 is 11.1 Å². The van der Waals surface area contributed by atoms with Crippen LogP contribution in [0.1, 0.15) is 5.69 Å². The van der Waals surface area contributed by atoms with Crippen LogP contribution in [0.15, 0.2) is 24.3 Å². The summed E-state index contributed by atoms with van der Waals surface area (Å²) in [6.07, 6.45) is 0. The maximum Gasteiger partial charge on any atom is 0.236 e. The van der Waals surface area contributed by atoms with E-state index in [0.29, 0.717) is 5.82 Å². The quantitative estimate of drug-likeness (QED) is 0.796. The van der Waals surface area contributed by atoms with Crippen LogP contribution >= 0.6 is 0 Å². The molecule has 5 heteroatoms. The van der Waals surface area contributed by atoms with Gasteiger partial charge in [0.25, 0.3) is 0 Å². The standard InChI is InChI=1S/C11H12N4O/c1-7-8-4-2-3-5-9(8)11(15-14-7)13-6-10(12)16/h2-5H,6H2,1H3,(H2,12,16)(H,13,15). The van der Waals surface area contributed by atoms with Gasteiger partial charge in [-0.1, -0.05) is 24.3 Å². The SMILES string of the molecule is Cc1nnc(NCC(N)=O)c2ccccc12. The Hall–Kier alpha value is -2.17. The molecule has 0 fully saturated rings. The first kappa shape index (κ1) is 10.4. The summed E-state index contributed by atoms with van der Waals surface area (Å²) in [5, 5.41) is 12.9. The average molecular weight is 216 g/mol. The number of nitrogens with zero attached hydrogens (tertiary/aromatic N) is 2. The van der Waals surface area contributed by atoms with Gasteiger partial charge in [-0.25, -0.2) is 0 Å². The van der Waals surface area contributed by atoms with E-state index in [-0.39, 0.29) is 6.54 Å². The summed E-state index contributed by atoms with van der Waals surface area (Å²) in [4.78, 5) is 10.7. The van der Waals surface area contributed by atoms with E-state index in [4.69, 9.17) is 5.73 Å². The Balaban J connectivity index is 2.46. The molecule has 82 valence electrons. The van der Waals surface area contributed by atoms with Crippen molar-refractivity contribution in [1.82, 2.24) is 10.2 Å². The monoisotopic (exact) mass is 216 g/mol. The third-order valence-corrected chi connectivity index (χ3v) is 2.30. The zero-order valence-electron chi connectivity index (χ0n) is 8.90. The van der Waals surface area contributed by atoms with Crippen molar-refractivity contribution in [3.05, 3.63) is 30.0 Å². The number of carbonyl (C=O) groups excluding carboxylic acids is 1. The molecule has 0 aliphatic rings. The van der Waals surface area contributed by atoms with E-state index >= 15 is 0 Å². The van der Waals surface area contributed by atoms with E-state index in [1.165, 1.54) is 0 Å². The number of amides is 1. The van der Waals surface area contributed by atoms with E-state index < -0.39 is 5.91 Å². The molecule has 16 heavy (non-hydrogen) atoms. The molecule has 0 unspecified atom stereocenters. The van der Waals surface area contributed by atoms with Gasteiger partial charge in [-0.15, -0.1) is 5.10 Å². The summed E-state index contributed by atoms with van der Waals surface area (Å²) in [5.41, 5.74) is 5.93. The number of fused-ring (bicyclic) bond motifs is 1. The largest absolute Gasteiger partial charge is 0.368 e. The second kappa shape index (κ2) is 4.14. The summed E-state index contributed by atoms with van der Waals surface area (Å²) >= 11 is 0. The highest BCUT2D eigenvalue weighted by Crippen LogP contribution is 2.21. The first-order chi connectivity index (χ1) is 7.68. The van der Waals surface area contributed by atoms with Crippen LogP contribution in [-0.2, 0) is 4.79 Å². The highest BCUT2D eigenvalue weighted by atomic mass is 16.1. The van der Waals surface area contributed by atoms with Gasteiger partial charge in [-0.05, 0) is 6.92 Å². The fourth-order valence-corrected chi connectivity index (χ4v) is 1.54. The molecule has 0 radical (unpaired) electrons. The molecular formula is C11H12N4O. The highest BCUT2D eigenvalue weighted by Gasteiger charge is 2.05. The summed E-state index contributed by atoms with van der Waals surface area (Å²) in [7, 11) is 0. The molecule has 0 atom stereocenters. The fourth-order valence-electron chi connectivity index (χ4n) is 1.54. The second-order valence-corrected chi connectivity index (χ2v) is 3.50. The van der Waals surface area contributed by atoms with Crippen molar-refractivity contribution in [2.75, 3.05) is 11.9 Å². The molecule has 3 N–H and O–H groups in total. The van der Waals surface area contributed by atoms with Crippen LogP contribution in [-0.4, -0.2) is 22.6 Å². The van der Waals surface area contributed by atoms with Crippen molar-refractivity contribution in [1.29, 1.82) is 0 Å². The normalized spacial score (nSPS) is 10.3. The molecule has 2 rings (SSSR count). The molecule has 0 spiro atoms. The lowest BCUT2D eigenvalue weighted by molar-refractivity contribution is -0.116. The fraction of sp³-hybridized carbons (Fsp3) is 0.182. The first-order valence-electron chi connectivity index (χ1n) is 4.92. The Morgan fingerprint density at radius 3 is 2.69 bits per heavy atom. The molecule has 5 nitrogen and oxygen atoms in total. The molecule has 1 amide bonds. The molecule has 2 aromatic rings. The van der Waals surface area contributed by atoms with Gasteiger partial charge in [0, 0.05) is 10.8 Å². The minimum atomic E-state index is -0.425. The van der Waals surface area contributed by atoms with E-state index in [9.17, 15) is 4.79 Å². The summed E-state index contributed by atoms with van der Waals surface area (Å²) < 4.78 is 0. The number of nitrogens with one attached hydrogen (secondary N) is 1. The van der Waals surface area contributed by atoms with Gasteiger partial charge in [0.1, 0.15) is 0 Å². The summed E-state index contributed by atoms with van der Waals surface area (Å²) in [6.45, 7) is 1.95. The predicted molar refractivity (Wildman–Crippen MR) is 62.0 cm³/mol. The van der Waals surface area contributed by atoms with Crippen molar-refractivity contribution in [3.63, 3.8) is 0 Å². The average Bonchev–Trinajstić information content (AvgIpc) is 2.28. The van der Waals surface area contributed by atoms with E-state index in [0.717, 1.165) is 16.5 Å². The topological polar surface area (TPSA) is 80.9 Å². The number of benzene rings is 1. The van der Waals surface area contributed by atoms with Crippen LogP contribution in [0.2, 0.25) is 0 Å². The first-order valence-corrected chi connectivity index (χ1v) is 4.92. The minimum Gasteiger partial charge on any atom is -0.368 e. The number of primary amides is 1. The lowest BCUT2D eigenvalue weighted by Crippen LogP contribution is -2.22. The number of aryl methyl sites for hydroxylation is 1. The number of anilines is 1. The Morgan fingerprint density at radius 2 is 2.00 bits per heavy atom. The minimum absolute atomic E-state index is 0.0573. The molecule has 0 aliphatic heterocycles. The molecule has 0 aliphatic carbocycles. The van der Waals surface area contributed by atoms with Crippen LogP contribution in [0.4, 0.5) is 5.82 Å². The van der Waals surface area contributed by atoms with Crippen molar-refractivity contribution in [2.24, 2.45) is 5.73 Å². The molecule has 0 saturated carbocycles. The molecule has 1 heterocycles. The Bertz CT molecular complexity index is 538. The van der Waals surface area contributed by atoms with Crippen molar-refractivity contribution >= 4 is 22.5 Å². The summed E-state index contributed by atoms with van der Waals surface area (Å²) in [5.74, 6) is 0.159. The van der Waals surface area contributed by atoms with Crippen LogP contribution in [0.25, 0.3) is 10.8 Å². The number of aromatic nitrogens is 2. The number of hydrogen-bond donors (Lipinski definition) is 2. The molecule has 1 aromatic heterocycles. The highest BCUT2D eigenvalue weighted by molar-refractivity contribution is 5.93. The maximum atomic E-state index is 10.7.